The lowest BCUT2D eigenvalue weighted by Gasteiger charge is -2.21. The second-order valence-corrected chi connectivity index (χ2v) is 4.93. The SMILES string of the molecule is COCCNC(=S)N[C@H](c1ccccc1)c1ccncc1. The van der Waals surface area contributed by atoms with Crippen LogP contribution in [-0.2, 0) is 4.74 Å². The standard InChI is InChI=1S/C16H19N3OS/c1-20-12-11-18-16(21)19-15(13-5-3-2-4-6-13)14-7-9-17-10-8-14/h2-10,15H,11-12H2,1H3,(H2,18,19,21)/t15-/m1/s1. The van der Waals surface area contributed by atoms with Crippen LogP contribution in [-0.4, -0.2) is 30.4 Å². The topological polar surface area (TPSA) is 46.2 Å². The molecular weight excluding hydrogens is 282 g/mol. The Morgan fingerprint density at radius 1 is 1.14 bits per heavy atom. The van der Waals surface area contributed by atoms with Gasteiger partial charge in [-0.2, -0.15) is 0 Å². The van der Waals surface area contributed by atoms with Crippen molar-refractivity contribution in [1.29, 1.82) is 0 Å². The minimum absolute atomic E-state index is 0.00301. The number of nitrogens with one attached hydrogen (secondary N) is 2. The summed E-state index contributed by atoms with van der Waals surface area (Å²) in [6, 6.07) is 14.2. The predicted molar refractivity (Wildman–Crippen MR) is 88.1 cm³/mol. The van der Waals surface area contributed by atoms with E-state index in [0.29, 0.717) is 18.3 Å². The molecule has 0 saturated heterocycles. The van der Waals surface area contributed by atoms with Crippen molar-refractivity contribution in [3.63, 3.8) is 0 Å². The van der Waals surface area contributed by atoms with Gasteiger partial charge in [-0.05, 0) is 35.5 Å². The summed E-state index contributed by atoms with van der Waals surface area (Å²) >= 11 is 5.35. The molecule has 5 heteroatoms. The summed E-state index contributed by atoms with van der Waals surface area (Å²) in [5.41, 5.74) is 2.27. The maximum atomic E-state index is 5.35. The molecule has 0 aliphatic heterocycles. The van der Waals surface area contributed by atoms with Crippen LogP contribution in [0.3, 0.4) is 0 Å². The Hall–Kier alpha value is -1.98. The molecule has 0 spiro atoms. The number of pyridine rings is 1. The summed E-state index contributed by atoms with van der Waals surface area (Å²) in [5.74, 6) is 0. The minimum atomic E-state index is -0.00301. The molecule has 0 bridgehead atoms. The molecule has 2 rings (SSSR count). The molecule has 0 aliphatic rings. The van der Waals surface area contributed by atoms with Gasteiger partial charge in [-0.1, -0.05) is 30.3 Å². The Bertz CT molecular complexity index is 508. The summed E-state index contributed by atoms with van der Waals surface area (Å²) in [6.07, 6.45) is 3.57. The molecule has 21 heavy (non-hydrogen) atoms. The van der Waals surface area contributed by atoms with Gasteiger partial charge in [0.05, 0.1) is 12.6 Å². The Morgan fingerprint density at radius 3 is 2.48 bits per heavy atom. The highest BCUT2D eigenvalue weighted by Crippen LogP contribution is 2.21. The molecule has 2 aromatic rings. The highest BCUT2D eigenvalue weighted by atomic mass is 32.1. The first-order valence-electron chi connectivity index (χ1n) is 6.79. The second-order valence-electron chi connectivity index (χ2n) is 4.52. The van der Waals surface area contributed by atoms with E-state index in [9.17, 15) is 0 Å². The van der Waals surface area contributed by atoms with Crippen molar-refractivity contribution < 1.29 is 4.74 Å². The van der Waals surface area contributed by atoms with Crippen molar-refractivity contribution in [2.45, 2.75) is 6.04 Å². The number of benzene rings is 1. The highest BCUT2D eigenvalue weighted by molar-refractivity contribution is 7.80. The van der Waals surface area contributed by atoms with Gasteiger partial charge in [0.1, 0.15) is 0 Å². The van der Waals surface area contributed by atoms with Crippen LogP contribution in [0.2, 0.25) is 0 Å². The minimum Gasteiger partial charge on any atom is -0.383 e. The summed E-state index contributed by atoms with van der Waals surface area (Å²) in [5, 5.41) is 7.09. The molecule has 1 aromatic heterocycles. The zero-order chi connectivity index (χ0) is 14.9. The van der Waals surface area contributed by atoms with Gasteiger partial charge < -0.3 is 15.4 Å². The molecule has 1 atom stereocenters. The number of methoxy groups -OCH3 is 1. The Labute approximate surface area is 130 Å². The molecule has 0 saturated carbocycles. The predicted octanol–water partition coefficient (Wildman–Crippen LogP) is 2.28. The molecule has 4 nitrogen and oxygen atoms in total. The lowest BCUT2D eigenvalue weighted by atomic mass is 10.00. The van der Waals surface area contributed by atoms with E-state index in [4.69, 9.17) is 17.0 Å². The number of thiocarbonyl (C=S) groups is 1. The Morgan fingerprint density at radius 2 is 1.81 bits per heavy atom. The van der Waals surface area contributed by atoms with Gasteiger partial charge in [0.15, 0.2) is 5.11 Å². The quantitative estimate of drug-likeness (QED) is 0.633. The molecule has 0 radical (unpaired) electrons. The van der Waals surface area contributed by atoms with Crippen molar-refractivity contribution in [3.8, 4) is 0 Å². The molecule has 0 fully saturated rings. The fourth-order valence-electron chi connectivity index (χ4n) is 2.01. The first-order valence-corrected chi connectivity index (χ1v) is 7.20. The van der Waals surface area contributed by atoms with Crippen LogP contribution in [0.15, 0.2) is 54.9 Å². The molecule has 0 amide bonds. The molecule has 1 aromatic carbocycles. The van der Waals surface area contributed by atoms with Gasteiger partial charge in [0, 0.05) is 26.0 Å². The van der Waals surface area contributed by atoms with E-state index in [0.717, 1.165) is 11.1 Å². The molecule has 0 aliphatic carbocycles. The number of aromatic nitrogens is 1. The van der Waals surface area contributed by atoms with Crippen molar-refractivity contribution >= 4 is 17.3 Å². The Balaban J connectivity index is 2.12. The van der Waals surface area contributed by atoms with Crippen LogP contribution in [0.4, 0.5) is 0 Å². The van der Waals surface area contributed by atoms with Crippen molar-refractivity contribution in [3.05, 3.63) is 66.0 Å². The van der Waals surface area contributed by atoms with Crippen LogP contribution in [0.1, 0.15) is 17.2 Å². The van der Waals surface area contributed by atoms with Crippen molar-refractivity contribution in [2.24, 2.45) is 0 Å². The smallest absolute Gasteiger partial charge is 0.167 e. The normalized spacial score (nSPS) is 11.7. The largest absolute Gasteiger partial charge is 0.383 e. The zero-order valence-corrected chi connectivity index (χ0v) is 12.8. The maximum Gasteiger partial charge on any atom is 0.167 e. The summed E-state index contributed by atoms with van der Waals surface area (Å²) in [7, 11) is 1.67. The number of nitrogens with zero attached hydrogens (tertiary/aromatic N) is 1. The van der Waals surface area contributed by atoms with E-state index in [1.54, 1.807) is 19.5 Å². The monoisotopic (exact) mass is 301 g/mol. The second kappa shape index (κ2) is 8.34. The highest BCUT2D eigenvalue weighted by Gasteiger charge is 2.14. The molecule has 0 unspecified atom stereocenters. The summed E-state index contributed by atoms with van der Waals surface area (Å²) in [6.45, 7) is 1.30. The molecular formula is C16H19N3OS. The van der Waals surface area contributed by atoms with Crippen LogP contribution in [0, 0.1) is 0 Å². The Kier molecular flexibility index (Phi) is 6.12. The lowest BCUT2D eigenvalue weighted by Crippen LogP contribution is -2.39. The number of hydrogen-bond acceptors (Lipinski definition) is 3. The van der Waals surface area contributed by atoms with Crippen molar-refractivity contribution in [1.82, 2.24) is 15.6 Å². The number of ether oxygens (including phenoxy) is 1. The summed E-state index contributed by atoms with van der Waals surface area (Å²) < 4.78 is 5.01. The third-order valence-corrected chi connectivity index (χ3v) is 3.30. The maximum absolute atomic E-state index is 5.35. The third-order valence-electron chi connectivity index (χ3n) is 3.04. The van der Waals surface area contributed by atoms with Gasteiger partial charge in [0.25, 0.3) is 0 Å². The van der Waals surface area contributed by atoms with E-state index < -0.39 is 0 Å². The van der Waals surface area contributed by atoms with Gasteiger partial charge in [-0.15, -0.1) is 0 Å². The van der Waals surface area contributed by atoms with Crippen LogP contribution in [0.5, 0.6) is 0 Å². The fourth-order valence-corrected chi connectivity index (χ4v) is 2.23. The third kappa shape index (κ3) is 4.81. The molecule has 110 valence electrons. The first-order chi connectivity index (χ1) is 10.3. The van der Waals surface area contributed by atoms with Crippen LogP contribution in [0.25, 0.3) is 0 Å². The van der Waals surface area contributed by atoms with Crippen LogP contribution < -0.4 is 10.6 Å². The number of rotatable bonds is 6. The van der Waals surface area contributed by atoms with E-state index in [2.05, 4.69) is 27.8 Å². The van der Waals surface area contributed by atoms with Gasteiger partial charge in [0.2, 0.25) is 0 Å². The lowest BCUT2D eigenvalue weighted by molar-refractivity contribution is 0.204. The fraction of sp³-hybridized carbons (Fsp3) is 0.250. The first kappa shape index (κ1) is 15.4. The van der Waals surface area contributed by atoms with Crippen molar-refractivity contribution in [2.75, 3.05) is 20.3 Å². The van der Waals surface area contributed by atoms with E-state index in [1.165, 1.54) is 0 Å². The zero-order valence-electron chi connectivity index (χ0n) is 12.0. The van der Waals surface area contributed by atoms with E-state index in [1.807, 2.05) is 30.3 Å². The molecule has 2 N–H and O–H groups in total. The van der Waals surface area contributed by atoms with E-state index in [-0.39, 0.29) is 6.04 Å². The van der Waals surface area contributed by atoms with E-state index >= 15 is 0 Å². The average Bonchev–Trinajstić information content (AvgIpc) is 2.54. The van der Waals surface area contributed by atoms with Gasteiger partial charge in [-0.3, -0.25) is 4.98 Å². The van der Waals surface area contributed by atoms with Gasteiger partial charge >= 0.3 is 0 Å². The van der Waals surface area contributed by atoms with Crippen LogP contribution >= 0.6 is 12.2 Å². The number of hydrogen-bond donors (Lipinski definition) is 2. The van der Waals surface area contributed by atoms with Gasteiger partial charge in [-0.25, -0.2) is 0 Å². The molecule has 1 heterocycles. The average molecular weight is 301 g/mol. The summed E-state index contributed by atoms with van der Waals surface area (Å²) in [4.78, 5) is 4.07.